The number of ether oxygens (including phenoxy) is 1. The van der Waals surface area contributed by atoms with E-state index in [4.69, 9.17) is 17.0 Å². The number of carbonyl (C=O) groups is 1. The number of hydrogen-bond acceptors (Lipinski definition) is 7. The van der Waals surface area contributed by atoms with E-state index < -0.39 is 0 Å². The molecule has 24 heavy (non-hydrogen) atoms. The SMILES string of the molecule is CCCC(=O)Sc1nnc(NC(=S)Nc2ccccc2OCC)s1. The van der Waals surface area contributed by atoms with Crippen LogP contribution in [0.5, 0.6) is 5.75 Å². The maximum absolute atomic E-state index is 11.6. The summed E-state index contributed by atoms with van der Waals surface area (Å²) in [4.78, 5) is 11.6. The number of thiocarbonyl (C=S) groups is 1. The first-order valence-electron chi connectivity index (χ1n) is 7.46. The number of carbonyl (C=O) groups excluding carboxylic acids is 1. The van der Waals surface area contributed by atoms with Crippen molar-refractivity contribution in [3.05, 3.63) is 24.3 Å². The Balaban J connectivity index is 1.93. The molecule has 2 rings (SSSR count). The van der Waals surface area contributed by atoms with Crippen molar-refractivity contribution in [2.24, 2.45) is 0 Å². The molecule has 0 fully saturated rings. The average Bonchev–Trinajstić information content (AvgIpc) is 2.96. The molecule has 2 N–H and O–H groups in total. The summed E-state index contributed by atoms with van der Waals surface area (Å²) in [6.45, 7) is 4.46. The van der Waals surface area contributed by atoms with Crippen LogP contribution >= 0.6 is 35.3 Å². The van der Waals surface area contributed by atoms with E-state index in [0.29, 0.717) is 27.6 Å². The topological polar surface area (TPSA) is 76.1 Å². The summed E-state index contributed by atoms with van der Waals surface area (Å²) in [6, 6.07) is 7.54. The van der Waals surface area contributed by atoms with E-state index in [0.717, 1.165) is 29.6 Å². The number of thioether (sulfide) groups is 1. The van der Waals surface area contributed by atoms with E-state index in [-0.39, 0.29) is 5.12 Å². The number of benzene rings is 1. The van der Waals surface area contributed by atoms with Crippen molar-refractivity contribution < 1.29 is 9.53 Å². The lowest BCUT2D eigenvalue weighted by Crippen LogP contribution is -2.19. The van der Waals surface area contributed by atoms with Crippen LogP contribution in [0.15, 0.2) is 28.6 Å². The number of rotatable bonds is 7. The third-order valence-corrected chi connectivity index (χ3v) is 4.74. The standard InChI is InChI=1S/C15H18N4O2S3/c1-3-7-12(20)23-15-19-18-14(24-15)17-13(22)16-10-8-5-6-9-11(10)21-4-2/h5-6,8-9H,3-4,7H2,1-2H3,(H2,16,17,18,22). The van der Waals surface area contributed by atoms with E-state index in [2.05, 4.69) is 20.8 Å². The summed E-state index contributed by atoms with van der Waals surface area (Å²) in [5.41, 5.74) is 0.772. The van der Waals surface area contributed by atoms with Crippen molar-refractivity contribution in [3.8, 4) is 5.75 Å². The maximum atomic E-state index is 11.6. The van der Waals surface area contributed by atoms with Gasteiger partial charge in [0.1, 0.15) is 5.75 Å². The lowest BCUT2D eigenvalue weighted by atomic mass is 10.3. The van der Waals surface area contributed by atoms with Crippen molar-refractivity contribution in [2.75, 3.05) is 17.2 Å². The molecule has 6 nitrogen and oxygen atoms in total. The largest absolute Gasteiger partial charge is 0.492 e. The van der Waals surface area contributed by atoms with Crippen molar-refractivity contribution in [2.45, 2.75) is 31.0 Å². The predicted octanol–water partition coefficient (Wildman–Crippen LogP) is 4.16. The first kappa shape index (κ1) is 18.6. The molecule has 0 saturated heterocycles. The summed E-state index contributed by atoms with van der Waals surface area (Å²) in [6.07, 6.45) is 1.35. The average molecular weight is 383 g/mol. The van der Waals surface area contributed by atoms with Gasteiger partial charge in [0.15, 0.2) is 14.6 Å². The first-order chi connectivity index (χ1) is 11.6. The van der Waals surface area contributed by atoms with Crippen LogP contribution in [0, 0.1) is 0 Å². The Bertz CT molecular complexity index is 706. The van der Waals surface area contributed by atoms with Gasteiger partial charge in [0.2, 0.25) is 5.13 Å². The van der Waals surface area contributed by atoms with Crippen LogP contribution in [0.2, 0.25) is 0 Å². The third-order valence-electron chi connectivity index (χ3n) is 2.72. The summed E-state index contributed by atoms with van der Waals surface area (Å²) in [5.74, 6) is 0.725. The lowest BCUT2D eigenvalue weighted by Gasteiger charge is -2.12. The van der Waals surface area contributed by atoms with E-state index in [1.807, 2.05) is 38.1 Å². The van der Waals surface area contributed by atoms with Crippen molar-refractivity contribution in [3.63, 3.8) is 0 Å². The molecule has 1 aromatic carbocycles. The van der Waals surface area contributed by atoms with E-state index in [1.54, 1.807) is 0 Å². The molecule has 0 unspecified atom stereocenters. The van der Waals surface area contributed by atoms with Gasteiger partial charge in [-0.25, -0.2) is 0 Å². The molecule has 0 atom stereocenters. The van der Waals surface area contributed by atoms with Gasteiger partial charge in [-0.1, -0.05) is 30.4 Å². The van der Waals surface area contributed by atoms with Crippen molar-refractivity contribution >= 4 is 56.4 Å². The van der Waals surface area contributed by atoms with Gasteiger partial charge < -0.3 is 15.4 Å². The van der Waals surface area contributed by atoms with Gasteiger partial charge in [0, 0.05) is 6.42 Å². The smallest absolute Gasteiger partial charge is 0.212 e. The monoisotopic (exact) mass is 382 g/mol. The molecule has 0 aliphatic carbocycles. The third kappa shape index (κ3) is 5.73. The van der Waals surface area contributed by atoms with Gasteiger partial charge in [-0.15, -0.1) is 10.2 Å². The number of anilines is 2. The van der Waals surface area contributed by atoms with E-state index >= 15 is 0 Å². The first-order valence-corrected chi connectivity index (χ1v) is 9.50. The fraction of sp³-hybridized carbons (Fsp3) is 0.333. The van der Waals surface area contributed by atoms with Gasteiger partial charge in [-0.3, -0.25) is 4.79 Å². The maximum Gasteiger partial charge on any atom is 0.212 e. The molecule has 1 heterocycles. The van der Waals surface area contributed by atoms with E-state index in [9.17, 15) is 4.79 Å². The van der Waals surface area contributed by atoms with Gasteiger partial charge >= 0.3 is 0 Å². The Morgan fingerprint density at radius 2 is 2.08 bits per heavy atom. The summed E-state index contributed by atoms with van der Waals surface area (Å²) in [5, 5.41) is 15.0. The summed E-state index contributed by atoms with van der Waals surface area (Å²) in [7, 11) is 0. The molecular formula is C15H18N4O2S3. The van der Waals surface area contributed by atoms with Crippen LogP contribution in [0.25, 0.3) is 0 Å². The highest BCUT2D eigenvalue weighted by Gasteiger charge is 2.11. The van der Waals surface area contributed by atoms with Gasteiger partial charge in [-0.2, -0.15) is 0 Å². The fourth-order valence-corrected chi connectivity index (χ4v) is 3.77. The van der Waals surface area contributed by atoms with Crippen LogP contribution < -0.4 is 15.4 Å². The highest BCUT2D eigenvalue weighted by molar-refractivity contribution is 8.14. The highest BCUT2D eigenvalue weighted by atomic mass is 32.2. The Morgan fingerprint density at radius 1 is 1.29 bits per heavy atom. The zero-order valence-corrected chi connectivity index (χ0v) is 15.8. The van der Waals surface area contributed by atoms with Crippen molar-refractivity contribution in [1.29, 1.82) is 0 Å². The Labute approximate surface area is 154 Å². The van der Waals surface area contributed by atoms with Gasteiger partial charge in [-0.05, 0) is 49.5 Å². The minimum absolute atomic E-state index is 0.0894. The molecule has 1 aromatic heterocycles. The number of nitrogens with one attached hydrogen (secondary N) is 2. The second-order valence-corrected chi connectivity index (χ2v) is 7.30. The molecule has 0 saturated carbocycles. The molecule has 0 aliphatic heterocycles. The van der Waals surface area contributed by atoms with Crippen LogP contribution in [0.1, 0.15) is 26.7 Å². The molecule has 128 valence electrons. The quantitative estimate of drug-likeness (QED) is 0.546. The van der Waals surface area contributed by atoms with Crippen molar-refractivity contribution in [1.82, 2.24) is 10.2 Å². The molecule has 0 spiro atoms. The zero-order chi connectivity index (χ0) is 17.4. The Kier molecular flexibility index (Phi) is 7.41. The summed E-state index contributed by atoms with van der Waals surface area (Å²) < 4.78 is 6.15. The molecule has 9 heteroatoms. The van der Waals surface area contributed by atoms with E-state index in [1.165, 1.54) is 11.3 Å². The highest BCUT2D eigenvalue weighted by Crippen LogP contribution is 2.28. The number of nitrogens with zero attached hydrogens (tertiary/aromatic N) is 2. The van der Waals surface area contributed by atoms with Crippen LogP contribution in [-0.2, 0) is 4.79 Å². The minimum Gasteiger partial charge on any atom is -0.492 e. The molecule has 0 bridgehead atoms. The predicted molar refractivity (Wildman–Crippen MR) is 103 cm³/mol. The van der Waals surface area contributed by atoms with Crippen LogP contribution in [0.3, 0.4) is 0 Å². The van der Waals surface area contributed by atoms with Crippen LogP contribution in [-0.4, -0.2) is 27.0 Å². The zero-order valence-electron chi connectivity index (χ0n) is 13.4. The van der Waals surface area contributed by atoms with Gasteiger partial charge in [0.05, 0.1) is 12.3 Å². The second kappa shape index (κ2) is 9.55. The van der Waals surface area contributed by atoms with Crippen LogP contribution in [0.4, 0.5) is 10.8 Å². The second-order valence-electron chi connectivity index (χ2n) is 4.61. The molecule has 2 aromatic rings. The molecular weight excluding hydrogens is 364 g/mol. The number of hydrogen-bond donors (Lipinski definition) is 2. The van der Waals surface area contributed by atoms with Gasteiger partial charge in [0.25, 0.3) is 0 Å². The Morgan fingerprint density at radius 3 is 2.83 bits per heavy atom. The molecule has 0 aliphatic rings. The fourth-order valence-electron chi connectivity index (χ4n) is 1.76. The Hall–Kier alpha value is -1.71. The lowest BCUT2D eigenvalue weighted by molar-refractivity contribution is -0.111. The number of aromatic nitrogens is 2. The minimum atomic E-state index is 0.0894. The normalized spacial score (nSPS) is 10.2. The molecule has 0 amide bonds. The summed E-state index contributed by atoms with van der Waals surface area (Å²) >= 11 is 7.69. The molecule has 0 radical (unpaired) electrons. The number of para-hydroxylation sites is 2.